The summed E-state index contributed by atoms with van der Waals surface area (Å²) in [5.41, 5.74) is 4.08. The monoisotopic (exact) mass is 425 g/mol. The molecule has 1 aromatic heterocycles. The summed E-state index contributed by atoms with van der Waals surface area (Å²) in [5, 5.41) is 3.35. The molecule has 0 aliphatic rings. The second kappa shape index (κ2) is 9.71. The normalized spacial score (nSPS) is 10.8. The van der Waals surface area contributed by atoms with Crippen LogP contribution in [0, 0.1) is 19.7 Å². The predicted molar refractivity (Wildman–Crippen MR) is 117 cm³/mol. The van der Waals surface area contributed by atoms with E-state index in [2.05, 4.69) is 28.5 Å². The number of imidazole rings is 1. The van der Waals surface area contributed by atoms with Crippen molar-refractivity contribution in [3.63, 3.8) is 0 Å². The lowest BCUT2D eigenvalue weighted by molar-refractivity contribution is -0.118. The number of nitrogens with zero attached hydrogens (tertiary/aromatic N) is 2. The number of rotatable bonds is 8. The Balaban J connectivity index is 1.67. The minimum Gasteiger partial charge on any atom is -0.356 e. The van der Waals surface area contributed by atoms with Crippen LogP contribution in [0.2, 0.25) is 0 Å². The predicted octanol–water partition coefficient (Wildman–Crippen LogP) is 4.28. The molecule has 30 heavy (non-hydrogen) atoms. The molecule has 7 heteroatoms. The first-order valence-corrected chi connectivity index (χ1v) is 10.6. The molecule has 0 spiro atoms. The standard InChI is InChI=1S/C23H24FN3O2S/c1-15-4-5-16(2)21(12-15)27-11-10-26-23(27)30-14-22(29)19-7-6-18(20(24)13-19)8-9-25-17(3)28/h4-7,10-13H,8-9,14H2,1-3H3,(H,25,28). The van der Waals surface area contributed by atoms with Gasteiger partial charge in [0.2, 0.25) is 5.91 Å². The van der Waals surface area contributed by atoms with Crippen LogP contribution in [0.5, 0.6) is 0 Å². The largest absolute Gasteiger partial charge is 0.356 e. The van der Waals surface area contributed by atoms with Crippen LogP contribution in [-0.2, 0) is 11.2 Å². The van der Waals surface area contributed by atoms with E-state index >= 15 is 0 Å². The van der Waals surface area contributed by atoms with Crippen molar-refractivity contribution in [2.45, 2.75) is 32.3 Å². The lowest BCUT2D eigenvalue weighted by Crippen LogP contribution is -2.22. The van der Waals surface area contributed by atoms with Gasteiger partial charge in [-0.2, -0.15) is 0 Å². The Morgan fingerprint density at radius 1 is 1.17 bits per heavy atom. The van der Waals surface area contributed by atoms with Gasteiger partial charge >= 0.3 is 0 Å². The molecule has 0 aliphatic heterocycles. The maximum Gasteiger partial charge on any atom is 0.216 e. The van der Waals surface area contributed by atoms with Crippen LogP contribution < -0.4 is 5.32 Å². The van der Waals surface area contributed by atoms with E-state index in [9.17, 15) is 14.0 Å². The molecule has 0 saturated heterocycles. The maximum atomic E-state index is 14.3. The van der Waals surface area contributed by atoms with E-state index in [-0.39, 0.29) is 17.4 Å². The number of aromatic nitrogens is 2. The second-order valence-electron chi connectivity index (χ2n) is 7.12. The van der Waals surface area contributed by atoms with Gasteiger partial charge in [0.15, 0.2) is 10.9 Å². The lowest BCUT2D eigenvalue weighted by atomic mass is 10.1. The highest BCUT2D eigenvalue weighted by Crippen LogP contribution is 2.24. The summed E-state index contributed by atoms with van der Waals surface area (Å²) in [6, 6.07) is 10.7. The molecule has 5 nitrogen and oxygen atoms in total. The van der Waals surface area contributed by atoms with Crippen molar-refractivity contribution in [1.82, 2.24) is 14.9 Å². The third kappa shape index (κ3) is 5.36. The Bertz CT molecular complexity index is 1080. The number of Topliss-reactive ketones (excluding diaryl/α,β-unsaturated/α-hetero) is 1. The number of nitrogens with one attached hydrogen (secondary N) is 1. The number of hydrogen-bond donors (Lipinski definition) is 1. The van der Waals surface area contributed by atoms with Gasteiger partial charge in [-0.25, -0.2) is 9.37 Å². The highest BCUT2D eigenvalue weighted by molar-refractivity contribution is 7.99. The van der Waals surface area contributed by atoms with E-state index < -0.39 is 5.82 Å². The van der Waals surface area contributed by atoms with Crippen molar-refractivity contribution < 1.29 is 14.0 Å². The zero-order valence-electron chi connectivity index (χ0n) is 17.2. The maximum absolute atomic E-state index is 14.3. The number of carbonyl (C=O) groups is 2. The smallest absolute Gasteiger partial charge is 0.216 e. The Morgan fingerprint density at radius 2 is 1.97 bits per heavy atom. The van der Waals surface area contributed by atoms with Gasteiger partial charge in [-0.05, 0) is 49.1 Å². The fourth-order valence-electron chi connectivity index (χ4n) is 3.07. The number of ketones is 1. The zero-order valence-corrected chi connectivity index (χ0v) is 18.1. The van der Waals surface area contributed by atoms with E-state index in [1.165, 1.54) is 24.8 Å². The Hall–Kier alpha value is -2.93. The van der Waals surface area contributed by atoms with E-state index in [0.717, 1.165) is 16.8 Å². The van der Waals surface area contributed by atoms with Gasteiger partial charge in [0.1, 0.15) is 5.82 Å². The number of aryl methyl sites for hydroxylation is 2. The number of benzene rings is 2. The highest BCUT2D eigenvalue weighted by Gasteiger charge is 2.14. The molecule has 0 unspecified atom stereocenters. The third-order valence-corrected chi connectivity index (χ3v) is 5.67. The molecular formula is C23H24FN3O2S. The quantitative estimate of drug-likeness (QED) is 0.432. The van der Waals surface area contributed by atoms with Gasteiger partial charge in [-0.3, -0.25) is 14.2 Å². The number of carbonyl (C=O) groups excluding carboxylic acids is 2. The first-order valence-electron chi connectivity index (χ1n) is 9.65. The van der Waals surface area contributed by atoms with Crippen molar-refractivity contribution >= 4 is 23.5 Å². The van der Waals surface area contributed by atoms with E-state index in [0.29, 0.717) is 29.2 Å². The molecule has 1 amide bonds. The van der Waals surface area contributed by atoms with E-state index in [4.69, 9.17) is 0 Å². The molecule has 2 aromatic carbocycles. The summed E-state index contributed by atoms with van der Waals surface area (Å²) >= 11 is 1.33. The molecule has 0 bridgehead atoms. The summed E-state index contributed by atoms with van der Waals surface area (Å²) in [6.07, 6.45) is 3.96. The minimum atomic E-state index is -0.437. The minimum absolute atomic E-state index is 0.154. The van der Waals surface area contributed by atoms with E-state index in [1.54, 1.807) is 18.3 Å². The molecule has 0 aliphatic carbocycles. The third-order valence-electron chi connectivity index (χ3n) is 4.71. The summed E-state index contributed by atoms with van der Waals surface area (Å²) in [6.45, 7) is 5.84. The van der Waals surface area contributed by atoms with Crippen LogP contribution in [0.25, 0.3) is 5.69 Å². The molecule has 0 fully saturated rings. The number of halogens is 1. The SMILES string of the molecule is CC(=O)NCCc1ccc(C(=O)CSc2nccn2-c2cc(C)ccc2C)cc1F. The molecular weight excluding hydrogens is 401 g/mol. The van der Waals surface area contributed by atoms with Gasteiger partial charge in [0, 0.05) is 31.4 Å². The van der Waals surface area contributed by atoms with E-state index in [1.807, 2.05) is 24.6 Å². The van der Waals surface area contributed by atoms with Crippen LogP contribution in [0.15, 0.2) is 53.9 Å². The van der Waals surface area contributed by atoms with Gasteiger partial charge in [0.25, 0.3) is 0 Å². The van der Waals surface area contributed by atoms with Crippen molar-refractivity contribution in [3.05, 3.63) is 76.9 Å². The number of thioether (sulfide) groups is 1. The highest BCUT2D eigenvalue weighted by atomic mass is 32.2. The Morgan fingerprint density at radius 3 is 2.70 bits per heavy atom. The van der Waals surface area contributed by atoms with Crippen molar-refractivity contribution in [1.29, 1.82) is 0 Å². The first kappa shape index (κ1) is 21.8. The molecule has 3 rings (SSSR count). The second-order valence-corrected chi connectivity index (χ2v) is 8.06. The van der Waals surface area contributed by atoms with Crippen LogP contribution in [0.4, 0.5) is 4.39 Å². The van der Waals surface area contributed by atoms with Crippen LogP contribution in [-0.4, -0.2) is 33.5 Å². The summed E-state index contributed by atoms with van der Waals surface area (Å²) in [7, 11) is 0. The fourth-order valence-corrected chi connectivity index (χ4v) is 3.93. The van der Waals surface area contributed by atoms with Crippen LogP contribution in [0.3, 0.4) is 0 Å². The van der Waals surface area contributed by atoms with Crippen molar-refractivity contribution in [3.8, 4) is 5.69 Å². The summed E-state index contributed by atoms with van der Waals surface area (Å²) in [5.74, 6) is -0.596. The van der Waals surface area contributed by atoms with Gasteiger partial charge < -0.3 is 5.32 Å². The molecule has 0 radical (unpaired) electrons. The molecule has 0 atom stereocenters. The lowest BCUT2D eigenvalue weighted by Gasteiger charge is -2.11. The number of amides is 1. The van der Waals surface area contributed by atoms with Gasteiger partial charge in [-0.15, -0.1) is 0 Å². The number of hydrogen-bond acceptors (Lipinski definition) is 4. The zero-order chi connectivity index (χ0) is 21.7. The van der Waals surface area contributed by atoms with Gasteiger partial charge in [-0.1, -0.05) is 36.0 Å². The Kier molecular flexibility index (Phi) is 7.05. The Labute approximate surface area is 179 Å². The molecule has 3 aromatic rings. The molecule has 1 heterocycles. The van der Waals surface area contributed by atoms with Crippen molar-refractivity contribution in [2.75, 3.05) is 12.3 Å². The average Bonchev–Trinajstić information content (AvgIpc) is 3.17. The van der Waals surface area contributed by atoms with Crippen LogP contribution in [0.1, 0.15) is 34.0 Å². The summed E-state index contributed by atoms with van der Waals surface area (Å²) in [4.78, 5) is 27.9. The summed E-state index contributed by atoms with van der Waals surface area (Å²) < 4.78 is 16.3. The molecule has 156 valence electrons. The molecule has 1 N–H and O–H groups in total. The van der Waals surface area contributed by atoms with Crippen molar-refractivity contribution in [2.24, 2.45) is 0 Å². The van der Waals surface area contributed by atoms with Gasteiger partial charge in [0.05, 0.1) is 11.4 Å². The first-order chi connectivity index (χ1) is 14.3. The average molecular weight is 426 g/mol. The van der Waals surface area contributed by atoms with Crippen LogP contribution >= 0.6 is 11.8 Å². The topological polar surface area (TPSA) is 64.0 Å². The fraction of sp³-hybridized carbons (Fsp3) is 0.261. The molecule has 0 saturated carbocycles.